The van der Waals surface area contributed by atoms with Crippen LogP contribution in [0.3, 0.4) is 0 Å². The normalized spacial score (nSPS) is 11.9. The molecule has 0 aliphatic rings. The van der Waals surface area contributed by atoms with E-state index in [-0.39, 0.29) is 44.1 Å². The van der Waals surface area contributed by atoms with Crippen molar-refractivity contribution in [3.8, 4) is 5.82 Å². The Labute approximate surface area is 270 Å². The second-order valence-electron chi connectivity index (χ2n) is 9.82. The van der Waals surface area contributed by atoms with E-state index in [4.69, 9.17) is 23.2 Å². The molecule has 2 amide bonds. The van der Waals surface area contributed by atoms with E-state index in [9.17, 15) is 35.9 Å². The van der Waals surface area contributed by atoms with Crippen LogP contribution in [-0.2, 0) is 25.4 Å². The van der Waals surface area contributed by atoms with Crippen molar-refractivity contribution in [3.05, 3.63) is 110 Å². The van der Waals surface area contributed by atoms with Crippen LogP contribution < -0.4 is 10.6 Å². The summed E-state index contributed by atoms with van der Waals surface area (Å²) in [5.41, 5.74) is -1.19. The highest BCUT2D eigenvalue weighted by molar-refractivity contribution is 6.32. The number of carbonyl (C=O) groups is 2. The van der Waals surface area contributed by atoms with Crippen LogP contribution in [0.15, 0.2) is 60.8 Å². The van der Waals surface area contributed by atoms with E-state index in [2.05, 4.69) is 36.1 Å². The average Bonchev–Trinajstić information content (AvgIpc) is 3.65. The van der Waals surface area contributed by atoms with Gasteiger partial charge in [0.05, 0.1) is 27.5 Å². The smallest absolute Gasteiger partial charge is 0.348 e. The van der Waals surface area contributed by atoms with Crippen LogP contribution in [0.25, 0.3) is 5.82 Å². The van der Waals surface area contributed by atoms with E-state index >= 15 is 0 Å². The number of carbonyl (C=O) groups excluding carboxylic acids is 2. The second kappa shape index (κ2) is 13.0. The Balaban J connectivity index is 1.47. The Bertz CT molecular complexity index is 1970. The summed E-state index contributed by atoms with van der Waals surface area (Å²) in [6.07, 6.45) is -8.14. The first-order chi connectivity index (χ1) is 22.1. The predicted molar refractivity (Wildman–Crippen MR) is 155 cm³/mol. The number of nitrogens with zero attached hydrogens (tertiary/aromatic N) is 7. The molecule has 244 valence electrons. The number of hydrogen-bond acceptors (Lipinski definition) is 7. The number of hydrogen-bond donors (Lipinski definition) is 2. The number of aryl methyl sites for hydroxylation is 1. The molecule has 47 heavy (non-hydrogen) atoms. The van der Waals surface area contributed by atoms with E-state index in [0.717, 1.165) is 10.7 Å². The highest BCUT2D eigenvalue weighted by atomic mass is 35.5. The summed E-state index contributed by atoms with van der Waals surface area (Å²) in [7, 11) is 0. The quantitative estimate of drug-likeness (QED) is 0.186. The fourth-order valence-corrected chi connectivity index (χ4v) is 4.89. The first-order valence-electron chi connectivity index (χ1n) is 13.2. The molecule has 0 radical (unpaired) electrons. The molecule has 0 aliphatic carbocycles. The van der Waals surface area contributed by atoms with Crippen molar-refractivity contribution in [3.63, 3.8) is 0 Å². The minimum Gasteiger partial charge on any atom is -0.348 e. The van der Waals surface area contributed by atoms with Crippen LogP contribution >= 0.6 is 23.2 Å². The predicted octanol–water partition coefficient (Wildman–Crippen LogP) is 6.14. The van der Waals surface area contributed by atoms with Gasteiger partial charge in [-0.2, -0.15) is 36.2 Å². The molecule has 0 unspecified atom stereocenters. The number of amides is 2. The highest BCUT2D eigenvalue weighted by Crippen LogP contribution is 2.32. The Hall–Kier alpha value is -5.03. The molecule has 0 spiro atoms. The lowest BCUT2D eigenvalue weighted by Crippen LogP contribution is -2.27. The van der Waals surface area contributed by atoms with Gasteiger partial charge in [0.25, 0.3) is 17.6 Å². The summed E-state index contributed by atoms with van der Waals surface area (Å²) in [4.78, 5) is 31.8. The largest absolute Gasteiger partial charge is 0.455 e. The van der Waals surface area contributed by atoms with Gasteiger partial charge < -0.3 is 10.6 Å². The molecule has 2 aromatic carbocycles. The molecule has 0 aliphatic heterocycles. The summed E-state index contributed by atoms with van der Waals surface area (Å²) in [5, 5.41) is 19.1. The molecular formula is C28H19Cl2F6N9O2. The van der Waals surface area contributed by atoms with Crippen LogP contribution in [0.5, 0.6) is 0 Å². The maximum Gasteiger partial charge on any atom is 0.455 e. The van der Waals surface area contributed by atoms with E-state index in [1.165, 1.54) is 61.7 Å². The van der Waals surface area contributed by atoms with Gasteiger partial charge in [-0.15, -0.1) is 10.2 Å². The van der Waals surface area contributed by atoms with Crippen molar-refractivity contribution in [1.29, 1.82) is 0 Å². The first kappa shape index (κ1) is 33.3. The summed E-state index contributed by atoms with van der Waals surface area (Å²) in [6.45, 7) is 0.603. The van der Waals surface area contributed by atoms with Gasteiger partial charge in [-0.25, -0.2) is 9.67 Å². The van der Waals surface area contributed by atoms with E-state index in [1.54, 1.807) is 0 Å². The van der Waals surface area contributed by atoms with Gasteiger partial charge >= 0.3 is 12.4 Å². The van der Waals surface area contributed by atoms with Crippen LogP contribution in [0.2, 0.25) is 10.0 Å². The van der Waals surface area contributed by atoms with Crippen molar-refractivity contribution >= 4 is 40.7 Å². The van der Waals surface area contributed by atoms with Crippen molar-refractivity contribution < 1.29 is 35.9 Å². The summed E-state index contributed by atoms with van der Waals surface area (Å²) < 4.78 is 80.4. The summed E-state index contributed by atoms with van der Waals surface area (Å²) in [5.74, 6) is -3.20. The lowest BCUT2D eigenvalue weighted by Gasteiger charge is -2.17. The Kier molecular flexibility index (Phi) is 9.22. The van der Waals surface area contributed by atoms with E-state index in [0.29, 0.717) is 10.4 Å². The molecule has 0 fully saturated rings. The Morgan fingerprint density at radius 2 is 1.66 bits per heavy atom. The molecule has 3 heterocycles. The van der Waals surface area contributed by atoms with Gasteiger partial charge in [-0.05, 0) is 59.7 Å². The topological polar surface area (TPSA) is 133 Å². The van der Waals surface area contributed by atoms with Gasteiger partial charge in [0.2, 0.25) is 0 Å². The average molecular weight is 698 g/mol. The zero-order chi connectivity index (χ0) is 34.1. The molecule has 3 aromatic heterocycles. The minimum atomic E-state index is -4.84. The fourth-order valence-electron chi connectivity index (χ4n) is 4.42. The van der Waals surface area contributed by atoms with Crippen molar-refractivity contribution in [1.82, 2.24) is 40.3 Å². The van der Waals surface area contributed by atoms with Gasteiger partial charge in [0.15, 0.2) is 5.82 Å². The third-order valence-corrected chi connectivity index (χ3v) is 7.00. The summed E-state index contributed by atoms with van der Waals surface area (Å²) >= 11 is 12.5. The van der Waals surface area contributed by atoms with Crippen LogP contribution in [0.1, 0.15) is 49.1 Å². The monoisotopic (exact) mass is 697 g/mol. The highest BCUT2D eigenvalue weighted by Gasteiger charge is 2.37. The molecule has 5 aromatic rings. The van der Waals surface area contributed by atoms with E-state index in [1.807, 2.05) is 0 Å². The van der Waals surface area contributed by atoms with Crippen LogP contribution in [-0.4, -0.2) is 46.8 Å². The molecule has 0 saturated heterocycles. The lowest BCUT2D eigenvalue weighted by molar-refractivity contribution is -0.145. The molecule has 5 rings (SSSR count). The number of pyridine rings is 1. The van der Waals surface area contributed by atoms with Gasteiger partial charge in [0, 0.05) is 17.8 Å². The first-order valence-corrected chi connectivity index (χ1v) is 14.0. The number of benzene rings is 2. The fraction of sp³-hybridized carbons (Fsp3) is 0.179. The number of alkyl halides is 6. The van der Waals surface area contributed by atoms with Gasteiger partial charge in [-0.3, -0.25) is 9.59 Å². The number of rotatable bonds is 8. The SMILES string of the molecule is Cc1cc(Cl)cc(C(=O)NCc2ccccc2C(F)(F)F)c1NC(=O)c1cc(Cn2nnc(C(F)(F)F)n2)nn1-c1ncccc1Cl. The van der Waals surface area contributed by atoms with Crippen LogP contribution in [0, 0.1) is 6.92 Å². The molecule has 2 N–H and O–H groups in total. The van der Waals surface area contributed by atoms with Crippen molar-refractivity contribution in [2.45, 2.75) is 32.4 Å². The van der Waals surface area contributed by atoms with E-state index < -0.39 is 48.6 Å². The van der Waals surface area contributed by atoms with Gasteiger partial charge in [-0.1, -0.05) is 41.4 Å². The second-order valence-corrected chi connectivity index (χ2v) is 10.7. The third-order valence-electron chi connectivity index (χ3n) is 6.49. The molecule has 0 saturated carbocycles. The Morgan fingerprint density at radius 3 is 2.34 bits per heavy atom. The van der Waals surface area contributed by atoms with Gasteiger partial charge in [0.1, 0.15) is 12.2 Å². The number of nitrogens with one attached hydrogen (secondary N) is 2. The molecule has 0 atom stereocenters. The van der Waals surface area contributed by atoms with Crippen molar-refractivity contribution in [2.24, 2.45) is 0 Å². The maximum atomic E-state index is 13.7. The lowest BCUT2D eigenvalue weighted by atomic mass is 10.1. The van der Waals surface area contributed by atoms with Crippen molar-refractivity contribution in [2.75, 3.05) is 5.32 Å². The minimum absolute atomic E-state index is 0.0112. The molecule has 11 nitrogen and oxygen atoms in total. The number of anilines is 1. The number of halogens is 8. The standard InChI is InChI=1S/C28H19Cl2F6N9O2/c1-14-9-16(29)10-18(24(46)38-12-15-5-2-3-6-19(15)27(31,32)33)22(14)39-25(47)21-11-17(13-44-42-26(40-43-44)28(34,35)36)41-45(21)23-20(30)7-4-8-37-23/h2-11H,12-13H2,1H3,(H,38,46)(H,39,47). The molecule has 0 bridgehead atoms. The summed E-state index contributed by atoms with van der Waals surface area (Å²) in [6, 6.07) is 11.6. The zero-order valence-corrected chi connectivity index (χ0v) is 25.2. The maximum absolute atomic E-state index is 13.7. The number of tetrazole rings is 1. The molecular weight excluding hydrogens is 679 g/mol. The molecule has 19 heteroatoms. The third kappa shape index (κ3) is 7.52. The van der Waals surface area contributed by atoms with Crippen LogP contribution in [0.4, 0.5) is 32.0 Å². The Morgan fingerprint density at radius 1 is 0.915 bits per heavy atom. The number of aromatic nitrogens is 7. The zero-order valence-electron chi connectivity index (χ0n) is 23.7.